The third-order valence-electron chi connectivity index (χ3n) is 6.23. The first-order valence-corrected chi connectivity index (χ1v) is 13.9. The van der Waals surface area contributed by atoms with Gasteiger partial charge in [0.2, 0.25) is 0 Å². The maximum Gasteiger partial charge on any atom is 0.305 e. The average Bonchev–Trinajstić information content (AvgIpc) is 3.18. The Morgan fingerprint density at radius 3 is 1.66 bits per heavy atom. The second-order valence-corrected chi connectivity index (χ2v) is 9.84. The van der Waals surface area contributed by atoms with Crippen molar-refractivity contribution in [3.05, 3.63) is 0 Å². The van der Waals surface area contributed by atoms with Crippen LogP contribution >= 0.6 is 0 Å². The van der Waals surface area contributed by atoms with Crippen LogP contribution in [0.2, 0.25) is 0 Å². The van der Waals surface area contributed by atoms with Crippen LogP contribution in [0.3, 0.4) is 0 Å². The average molecular weight is 507 g/mol. The second kappa shape index (κ2) is 23.6. The van der Waals surface area contributed by atoms with E-state index in [4.69, 9.17) is 19.7 Å². The van der Waals surface area contributed by atoms with Gasteiger partial charge in [-0.15, -0.1) is 0 Å². The fourth-order valence-corrected chi connectivity index (χ4v) is 3.95. The number of ether oxygens (including phenoxy) is 2. The minimum atomic E-state index is -1.14. The number of rotatable bonds is 20. The molecule has 1 fully saturated rings. The third kappa shape index (κ3) is 20.0. The molecule has 0 amide bonds. The Bertz CT molecular complexity index is 474. The molecule has 1 aliphatic heterocycles. The minimum absolute atomic E-state index is 0.0179. The topological polar surface area (TPSA) is 137 Å². The smallest absolute Gasteiger partial charge is 0.305 e. The maximum atomic E-state index is 11.8. The van der Waals surface area contributed by atoms with Crippen molar-refractivity contribution in [3.8, 4) is 0 Å². The van der Waals surface area contributed by atoms with Crippen molar-refractivity contribution >= 4 is 5.97 Å². The predicted molar refractivity (Wildman–Crippen MR) is 137 cm³/mol. The quantitative estimate of drug-likeness (QED) is 0.125. The Balaban J connectivity index is 0.00000209. The van der Waals surface area contributed by atoms with E-state index >= 15 is 0 Å². The van der Waals surface area contributed by atoms with Crippen LogP contribution in [0.25, 0.3) is 0 Å². The summed E-state index contributed by atoms with van der Waals surface area (Å²) in [5, 5.41) is 45.0. The molecule has 0 aromatic carbocycles. The highest BCUT2D eigenvalue weighted by atomic mass is 16.6. The lowest BCUT2D eigenvalue weighted by Crippen LogP contribution is -2.41. The maximum absolute atomic E-state index is 11.8. The molecule has 5 N–H and O–H groups in total. The molecule has 0 spiro atoms. The van der Waals surface area contributed by atoms with Gasteiger partial charge in [0.15, 0.2) is 0 Å². The third-order valence-corrected chi connectivity index (χ3v) is 6.23. The molecule has 0 bridgehead atoms. The Morgan fingerprint density at radius 1 is 0.857 bits per heavy atom. The van der Waals surface area contributed by atoms with Crippen LogP contribution in [0.5, 0.6) is 0 Å². The fraction of sp³-hybridized carbons (Fsp3) is 0.963. The van der Waals surface area contributed by atoms with Gasteiger partial charge >= 0.3 is 5.97 Å². The van der Waals surface area contributed by atoms with Crippen LogP contribution < -0.4 is 0 Å². The van der Waals surface area contributed by atoms with Crippen molar-refractivity contribution in [1.29, 1.82) is 0 Å². The van der Waals surface area contributed by atoms with E-state index in [1.165, 1.54) is 84.0 Å². The van der Waals surface area contributed by atoms with Gasteiger partial charge in [0.1, 0.15) is 31.0 Å². The summed E-state index contributed by atoms with van der Waals surface area (Å²) in [6.45, 7) is 3.41. The van der Waals surface area contributed by atoms with Crippen LogP contribution in [-0.2, 0) is 14.3 Å². The number of unbranched alkanes of at least 4 members (excludes halogenated alkanes) is 14. The zero-order valence-corrected chi connectivity index (χ0v) is 22.3. The number of aliphatic hydroxyl groups is 5. The molecule has 1 rings (SSSR count). The number of hydrogen-bond acceptors (Lipinski definition) is 8. The van der Waals surface area contributed by atoms with Crippen molar-refractivity contribution in [2.45, 2.75) is 147 Å². The van der Waals surface area contributed by atoms with E-state index in [0.717, 1.165) is 19.3 Å². The second-order valence-electron chi connectivity index (χ2n) is 9.84. The molecule has 1 aliphatic rings. The molecule has 35 heavy (non-hydrogen) atoms. The highest BCUT2D eigenvalue weighted by Crippen LogP contribution is 2.18. The van der Waals surface area contributed by atoms with Crippen LogP contribution in [0, 0.1) is 0 Å². The monoisotopic (exact) mass is 506 g/mol. The molecule has 0 aromatic rings. The summed E-state index contributed by atoms with van der Waals surface area (Å²) in [5.41, 5.74) is 0. The van der Waals surface area contributed by atoms with E-state index in [1.807, 2.05) is 0 Å². The van der Waals surface area contributed by atoms with Crippen LogP contribution in [0.15, 0.2) is 0 Å². The van der Waals surface area contributed by atoms with Gasteiger partial charge < -0.3 is 35.0 Å². The molecular weight excluding hydrogens is 452 g/mol. The van der Waals surface area contributed by atoms with Crippen molar-refractivity contribution in [2.75, 3.05) is 19.8 Å². The zero-order valence-electron chi connectivity index (χ0n) is 22.3. The molecule has 210 valence electrons. The lowest BCUT2D eigenvalue weighted by Gasteiger charge is -2.20. The van der Waals surface area contributed by atoms with Crippen molar-refractivity contribution in [2.24, 2.45) is 0 Å². The van der Waals surface area contributed by atoms with Gasteiger partial charge in [-0.05, 0) is 13.3 Å². The predicted octanol–water partition coefficient (Wildman–Crippen LogP) is 3.63. The van der Waals surface area contributed by atoms with Gasteiger partial charge in [0.05, 0.1) is 19.3 Å². The van der Waals surface area contributed by atoms with Crippen molar-refractivity contribution < 1.29 is 39.8 Å². The summed E-state index contributed by atoms with van der Waals surface area (Å²) >= 11 is 0. The summed E-state index contributed by atoms with van der Waals surface area (Å²) in [6, 6.07) is 0. The molecule has 8 nitrogen and oxygen atoms in total. The Morgan fingerprint density at radius 2 is 1.29 bits per heavy atom. The fourth-order valence-electron chi connectivity index (χ4n) is 3.95. The van der Waals surface area contributed by atoms with Gasteiger partial charge in [0.25, 0.3) is 0 Å². The summed E-state index contributed by atoms with van der Waals surface area (Å²) in [6.07, 6.45) is 14.8. The highest BCUT2D eigenvalue weighted by molar-refractivity contribution is 5.69. The van der Waals surface area contributed by atoms with E-state index < -0.39 is 30.5 Å². The Labute approximate surface area is 213 Å². The van der Waals surface area contributed by atoms with Crippen LogP contribution in [-0.4, -0.2) is 81.8 Å². The van der Waals surface area contributed by atoms with E-state index in [9.17, 15) is 20.1 Å². The number of carbonyl (C=O) groups excluding carboxylic acids is 1. The summed E-state index contributed by atoms with van der Waals surface area (Å²) in [7, 11) is 0. The number of carbonyl (C=O) groups is 1. The first-order valence-electron chi connectivity index (χ1n) is 13.9. The minimum Gasteiger partial charge on any atom is -0.463 e. The molecule has 1 unspecified atom stereocenters. The summed E-state index contributed by atoms with van der Waals surface area (Å²) in [4.78, 5) is 11.8. The van der Waals surface area contributed by atoms with Crippen molar-refractivity contribution in [3.63, 3.8) is 0 Å². The molecule has 1 heterocycles. The van der Waals surface area contributed by atoms with Crippen molar-refractivity contribution in [1.82, 2.24) is 0 Å². The molecule has 0 saturated carbocycles. The van der Waals surface area contributed by atoms with E-state index in [0.29, 0.717) is 6.42 Å². The standard InChI is InChI=1S/C24H46O6.C3H8O2/c1-2-3-4-5-6-7-8-9-10-11-12-13-14-15-16-17-22(27)29-19-21(26)24-23(28)20(25)18-30-24;1-3(5)2-4/h20-21,23-26,28H,2-19H2,1H3;3-5H,2H2,1H3/t20-,21+,23+,24+;/m0./s1. The first kappa shape index (κ1) is 34.2. The Hall–Kier alpha value is -0.770. The molecule has 0 aliphatic carbocycles. The molecule has 5 atom stereocenters. The van der Waals surface area contributed by atoms with E-state index in [2.05, 4.69) is 6.92 Å². The highest BCUT2D eigenvalue weighted by Gasteiger charge is 2.39. The molecule has 1 saturated heterocycles. The summed E-state index contributed by atoms with van der Waals surface area (Å²) in [5.74, 6) is -0.336. The number of esters is 1. The summed E-state index contributed by atoms with van der Waals surface area (Å²) < 4.78 is 10.2. The lowest BCUT2D eigenvalue weighted by molar-refractivity contribution is -0.151. The number of hydrogen-bond donors (Lipinski definition) is 5. The van der Waals surface area contributed by atoms with Crippen LogP contribution in [0.1, 0.15) is 117 Å². The Kier molecular flexibility index (Phi) is 23.1. The van der Waals surface area contributed by atoms with E-state index in [1.54, 1.807) is 0 Å². The largest absolute Gasteiger partial charge is 0.463 e. The molecular formula is C27H54O8. The number of aliphatic hydroxyl groups excluding tert-OH is 5. The van der Waals surface area contributed by atoms with Gasteiger partial charge in [-0.3, -0.25) is 4.79 Å². The molecule has 0 radical (unpaired) electrons. The SMILES string of the molecule is CC(O)CO.CCCCCCCCCCCCCCCCCC(=O)OC[C@@H](O)[C@H]1OC[C@H](O)[C@H]1O. The van der Waals surface area contributed by atoms with Crippen LogP contribution in [0.4, 0.5) is 0 Å². The van der Waals surface area contributed by atoms with Gasteiger partial charge in [-0.25, -0.2) is 0 Å². The van der Waals surface area contributed by atoms with Gasteiger partial charge in [-0.2, -0.15) is 0 Å². The van der Waals surface area contributed by atoms with Gasteiger partial charge in [-0.1, -0.05) is 96.8 Å². The normalized spacial score (nSPS) is 21.3. The molecule has 8 heteroatoms. The van der Waals surface area contributed by atoms with Gasteiger partial charge in [0, 0.05) is 6.42 Å². The van der Waals surface area contributed by atoms with E-state index in [-0.39, 0.29) is 25.8 Å². The lowest BCUT2D eigenvalue weighted by atomic mass is 10.0. The first-order chi connectivity index (χ1) is 16.8. The molecule has 0 aromatic heterocycles. The zero-order chi connectivity index (χ0) is 26.3.